The standard InChI is InChI=1S/C12H15N3O2/c1-7(6-13)14-12(17)9-5-8-3-2-4-10(16)11(8)15-9/h2-5,7,15-16H,6,13H2,1H3,(H,14,17). The van der Waals surface area contributed by atoms with Gasteiger partial charge in [-0.3, -0.25) is 4.79 Å². The number of H-pyrrole nitrogens is 1. The number of nitrogens with one attached hydrogen (secondary N) is 2. The SMILES string of the molecule is CC(CN)NC(=O)c1cc2cccc(O)c2[nH]1. The molecule has 1 unspecified atom stereocenters. The van der Waals surface area contributed by atoms with Crippen LogP contribution in [0.15, 0.2) is 24.3 Å². The molecule has 0 aliphatic rings. The van der Waals surface area contributed by atoms with E-state index in [4.69, 9.17) is 5.73 Å². The maximum atomic E-state index is 11.8. The quantitative estimate of drug-likeness (QED) is 0.636. The van der Waals surface area contributed by atoms with Crippen LogP contribution in [-0.4, -0.2) is 28.6 Å². The second-order valence-corrected chi connectivity index (χ2v) is 4.03. The van der Waals surface area contributed by atoms with E-state index in [1.165, 1.54) is 0 Å². The second-order valence-electron chi connectivity index (χ2n) is 4.03. The van der Waals surface area contributed by atoms with Crippen LogP contribution < -0.4 is 11.1 Å². The minimum atomic E-state index is -0.224. The molecule has 1 amide bonds. The molecule has 0 saturated carbocycles. The molecule has 17 heavy (non-hydrogen) atoms. The highest BCUT2D eigenvalue weighted by Gasteiger charge is 2.12. The van der Waals surface area contributed by atoms with Gasteiger partial charge >= 0.3 is 0 Å². The number of carbonyl (C=O) groups excluding carboxylic acids is 1. The van der Waals surface area contributed by atoms with Gasteiger partial charge in [0.05, 0.1) is 5.52 Å². The number of amides is 1. The summed E-state index contributed by atoms with van der Waals surface area (Å²) in [6.45, 7) is 2.22. The monoisotopic (exact) mass is 233 g/mol. The van der Waals surface area contributed by atoms with E-state index >= 15 is 0 Å². The summed E-state index contributed by atoms with van der Waals surface area (Å²) in [5.74, 6) is -0.0908. The molecular formula is C12H15N3O2. The van der Waals surface area contributed by atoms with Crippen LogP contribution in [0.5, 0.6) is 5.75 Å². The van der Waals surface area contributed by atoms with Crippen LogP contribution in [0, 0.1) is 0 Å². The number of hydrogen-bond donors (Lipinski definition) is 4. The van der Waals surface area contributed by atoms with E-state index in [-0.39, 0.29) is 17.7 Å². The van der Waals surface area contributed by atoms with E-state index in [1.54, 1.807) is 18.2 Å². The Morgan fingerprint density at radius 3 is 3.00 bits per heavy atom. The van der Waals surface area contributed by atoms with Gasteiger partial charge in [0.15, 0.2) is 0 Å². The molecule has 0 bridgehead atoms. The Kier molecular flexibility index (Phi) is 3.01. The van der Waals surface area contributed by atoms with E-state index in [0.29, 0.717) is 17.8 Å². The number of benzene rings is 1. The van der Waals surface area contributed by atoms with Gasteiger partial charge in [-0.1, -0.05) is 12.1 Å². The number of hydrogen-bond acceptors (Lipinski definition) is 3. The average molecular weight is 233 g/mol. The zero-order valence-electron chi connectivity index (χ0n) is 9.53. The third-order valence-corrected chi connectivity index (χ3v) is 2.61. The molecule has 0 radical (unpaired) electrons. The first kappa shape index (κ1) is 11.5. The third kappa shape index (κ3) is 2.24. The summed E-state index contributed by atoms with van der Waals surface area (Å²) in [6, 6.07) is 6.75. The molecule has 1 atom stereocenters. The van der Waals surface area contributed by atoms with Crippen molar-refractivity contribution < 1.29 is 9.90 Å². The van der Waals surface area contributed by atoms with Crippen molar-refractivity contribution in [3.8, 4) is 5.75 Å². The summed E-state index contributed by atoms with van der Waals surface area (Å²) in [6.07, 6.45) is 0. The lowest BCUT2D eigenvalue weighted by Gasteiger charge is -2.09. The van der Waals surface area contributed by atoms with E-state index in [0.717, 1.165) is 5.39 Å². The lowest BCUT2D eigenvalue weighted by Crippen LogP contribution is -2.37. The second kappa shape index (κ2) is 4.47. The Bertz CT molecular complexity index is 548. The summed E-state index contributed by atoms with van der Waals surface area (Å²) in [4.78, 5) is 14.7. The highest BCUT2D eigenvalue weighted by molar-refractivity contribution is 5.99. The topological polar surface area (TPSA) is 91.1 Å². The predicted molar refractivity (Wildman–Crippen MR) is 65.9 cm³/mol. The molecule has 1 aromatic carbocycles. The van der Waals surface area contributed by atoms with Crippen LogP contribution in [0.1, 0.15) is 17.4 Å². The fraction of sp³-hybridized carbons (Fsp3) is 0.250. The molecule has 1 aromatic heterocycles. The Hall–Kier alpha value is -2.01. The van der Waals surface area contributed by atoms with Gasteiger partial charge in [0.1, 0.15) is 11.4 Å². The van der Waals surface area contributed by atoms with Gasteiger partial charge < -0.3 is 21.1 Å². The first-order valence-electron chi connectivity index (χ1n) is 5.43. The van der Waals surface area contributed by atoms with Crippen molar-refractivity contribution in [1.82, 2.24) is 10.3 Å². The highest BCUT2D eigenvalue weighted by atomic mass is 16.3. The summed E-state index contributed by atoms with van der Waals surface area (Å²) in [5.41, 5.74) is 6.42. The molecule has 2 rings (SSSR count). The number of aromatic hydroxyl groups is 1. The normalized spacial score (nSPS) is 12.6. The molecule has 1 heterocycles. The molecule has 5 heteroatoms. The van der Waals surface area contributed by atoms with E-state index < -0.39 is 0 Å². The molecule has 0 fully saturated rings. The summed E-state index contributed by atoms with van der Waals surface area (Å²) >= 11 is 0. The van der Waals surface area contributed by atoms with Gasteiger partial charge in [-0.15, -0.1) is 0 Å². The highest BCUT2D eigenvalue weighted by Crippen LogP contribution is 2.24. The number of phenolic OH excluding ortho intramolecular Hbond substituents is 1. The molecule has 5 nitrogen and oxygen atoms in total. The van der Waals surface area contributed by atoms with Gasteiger partial charge in [0, 0.05) is 18.0 Å². The number of fused-ring (bicyclic) bond motifs is 1. The predicted octanol–water partition coefficient (Wildman–Crippen LogP) is 0.950. The van der Waals surface area contributed by atoms with Crippen molar-refractivity contribution >= 4 is 16.8 Å². The van der Waals surface area contributed by atoms with Crippen molar-refractivity contribution in [2.75, 3.05) is 6.54 Å². The maximum absolute atomic E-state index is 11.8. The largest absolute Gasteiger partial charge is 0.506 e. The number of phenols is 1. The Balaban J connectivity index is 2.30. The number of nitrogens with two attached hydrogens (primary N) is 1. The Labute approximate surface area is 98.6 Å². The first-order valence-corrected chi connectivity index (χ1v) is 5.43. The van der Waals surface area contributed by atoms with Crippen LogP contribution in [0.4, 0.5) is 0 Å². The fourth-order valence-corrected chi connectivity index (χ4v) is 1.62. The molecule has 0 saturated heterocycles. The maximum Gasteiger partial charge on any atom is 0.267 e. The van der Waals surface area contributed by atoms with Gasteiger partial charge in [0.2, 0.25) is 0 Å². The first-order chi connectivity index (χ1) is 8.11. The van der Waals surface area contributed by atoms with Crippen LogP contribution in [0.3, 0.4) is 0 Å². The lowest BCUT2D eigenvalue weighted by atomic mass is 10.2. The van der Waals surface area contributed by atoms with Gasteiger partial charge in [-0.25, -0.2) is 0 Å². The smallest absolute Gasteiger partial charge is 0.267 e. The molecule has 2 aromatic rings. The minimum Gasteiger partial charge on any atom is -0.506 e. The minimum absolute atomic E-state index is 0.0810. The number of rotatable bonds is 3. The number of carbonyl (C=O) groups is 1. The fourth-order valence-electron chi connectivity index (χ4n) is 1.62. The van der Waals surface area contributed by atoms with Gasteiger partial charge in [-0.2, -0.15) is 0 Å². The summed E-state index contributed by atoms with van der Waals surface area (Å²) < 4.78 is 0. The zero-order chi connectivity index (χ0) is 12.4. The average Bonchev–Trinajstić information content (AvgIpc) is 2.74. The van der Waals surface area contributed by atoms with Crippen LogP contribution in [-0.2, 0) is 0 Å². The van der Waals surface area contributed by atoms with Crippen molar-refractivity contribution in [3.63, 3.8) is 0 Å². The van der Waals surface area contributed by atoms with Gasteiger partial charge in [-0.05, 0) is 19.1 Å². The van der Waals surface area contributed by atoms with Crippen LogP contribution in [0.25, 0.3) is 10.9 Å². The van der Waals surface area contributed by atoms with Crippen molar-refractivity contribution in [1.29, 1.82) is 0 Å². The Morgan fingerprint density at radius 1 is 1.59 bits per heavy atom. The van der Waals surface area contributed by atoms with Crippen molar-refractivity contribution in [2.45, 2.75) is 13.0 Å². The van der Waals surface area contributed by atoms with Crippen molar-refractivity contribution in [2.24, 2.45) is 5.73 Å². The van der Waals surface area contributed by atoms with Crippen molar-refractivity contribution in [3.05, 3.63) is 30.0 Å². The third-order valence-electron chi connectivity index (χ3n) is 2.61. The van der Waals surface area contributed by atoms with E-state index in [2.05, 4.69) is 10.3 Å². The number of aromatic nitrogens is 1. The molecular weight excluding hydrogens is 218 g/mol. The van der Waals surface area contributed by atoms with E-state index in [1.807, 2.05) is 13.0 Å². The molecule has 5 N–H and O–H groups in total. The van der Waals surface area contributed by atoms with Crippen LogP contribution >= 0.6 is 0 Å². The van der Waals surface area contributed by atoms with Crippen LogP contribution in [0.2, 0.25) is 0 Å². The summed E-state index contributed by atoms with van der Waals surface area (Å²) in [7, 11) is 0. The lowest BCUT2D eigenvalue weighted by molar-refractivity contribution is 0.0937. The molecule has 0 spiro atoms. The Morgan fingerprint density at radius 2 is 2.35 bits per heavy atom. The van der Waals surface area contributed by atoms with Gasteiger partial charge in [0.25, 0.3) is 5.91 Å². The summed E-state index contributed by atoms with van der Waals surface area (Å²) in [5, 5.41) is 13.2. The molecule has 0 aliphatic carbocycles. The molecule has 90 valence electrons. The van der Waals surface area contributed by atoms with E-state index in [9.17, 15) is 9.90 Å². The molecule has 0 aliphatic heterocycles. The number of aromatic amines is 1. The number of para-hydroxylation sites is 1. The zero-order valence-corrected chi connectivity index (χ0v) is 9.53.